The van der Waals surface area contributed by atoms with E-state index in [1.54, 1.807) is 6.07 Å². The molecule has 0 spiro atoms. The quantitative estimate of drug-likeness (QED) is 0.619. The summed E-state index contributed by atoms with van der Waals surface area (Å²) < 4.78 is 5.44. The number of nitro groups is 1. The zero-order chi connectivity index (χ0) is 16.2. The van der Waals surface area contributed by atoms with Gasteiger partial charge in [0.15, 0.2) is 5.75 Å². The van der Waals surface area contributed by atoms with Crippen molar-refractivity contribution >= 4 is 11.4 Å². The number of benzene rings is 2. The first-order chi connectivity index (χ1) is 11.2. The summed E-state index contributed by atoms with van der Waals surface area (Å²) in [5.41, 5.74) is 2.01. The lowest BCUT2D eigenvalue weighted by Gasteiger charge is -2.20. The van der Waals surface area contributed by atoms with Crippen molar-refractivity contribution in [3.63, 3.8) is 0 Å². The first kappa shape index (κ1) is 15.3. The maximum atomic E-state index is 11.5. The monoisotopic (exact) mass is 312 g/mol. The van der Waals surface area contributed by atoms with Gasteiger partial charge in [-0.25, -0.2) is 0 Å². The van der Waals surface area contributed by atoms with Crippen LogP contribution in [0.3, 0.4) is 0 Å². The Labute approximate surface area is 135 Å². The van der Waals surface area contributed by atoms with Gasteiger partial charge < -0.3 is 9.64 Å². The molecule has 0 aliphatic carbocycles. The number of nitrogens with zero attached hydrogens (tertiary/aromatic N) is 2. The predicted octanol–water partition coefficient (Wildman–Crippen LogP) is 3.99. The van der Waals surface area contributed by atoms with Crippen molar-refractivity contribution in [3.05, 3.63) is 64.2 Å². The minimum absolute atomic E-state index is 0.0723. The second-order valence-corrected chi connectivity index (χ2v) is 5.66. The molecule has 5 nitrogen and oxygen atoms in total. The minimum atomic E-state index is -0.337. The van der Waals surface area contributed by atoms with Crippen LogP contribution < -0.4 is 9.64 Å². The standard InChI is InChI=1S/C18H20N2O3/c1-2-23-17-10-6-9-16(18(17)20(21)22)19-12-11-15(13-19)14-7-4-3-5-8-14/h3-10,15H,2,11-13H2,1H3. The van der Waals surface area contributed by atoms with Crippen LogP contribution in [0.1, 0.15) is 24.8 Å². The van der Waals surface area contributed by atoms with E-state index < -0.39 is 0 Å². The van der Waals surface area contributed by atoms with Crippen LogP contribution in [0.2, 0.25) is 0 Å². The van der Waals surface area contributed by atoms with Gasteiger partial charge in [0.25, 0.3) is 0 Å². The first-order valence-corrected chi connectivity index (χ1v) is 7.90. The van der Waals surface area contributed by atoms with E-state index in [1.807, 2.05) is 37.3 Å². The molecule has 1 atom stereocenters. The van der Waals surface area contributed by atoms with Gasteiger partial charge in [-0.2, -0.15) is 0 Å². The Bertz CT molecular complexity index is 688. The Morgan fingerprint density at radius 2 is 2.00 bits per heavy atom. The first-order valence-electron chi connectivity index (χ1n) is 7.90. The number of hydrogen-bond acceptors (Lipinski definition) is 4. The molecule has 0 aromatic heterocycles. The fourth-order valence-corrected chi connectivity index (χ4v) is 3.20. The van der Waals surface area contributed by atoms with Gasteiger partial charge in [0.1, 0.15) is 5.69 Å². The molecule has 1 heterocycles. The van der Waals surface area contributed by atoms with Crippen LogP contribution >= 0.6 is 0 Å². The minimum Gasteiger partial charge on any atom is -0.487 e. The Kier molecular flexibility index (Phi) is 4.46. The number of para-hydroxylation sites is 1. The third-order valence-electron chi connectivity index (χ3n) is 4.26. The Morgan fingerprint density at radius 3 is 2.70 bits per heavy atom. The van der Waals surface area contributed by atoms with Crippen LogP contribution in [0.4, 0.5) is 11.4 Å². The third kappa shape index (κ3) is 3.13. The van der Waals surface area contributed by atoms with Crippen LogP contribution in [0.25, 0.3) is 0 Å². The Hall–Kier alpha value is -2.56. The zero-order valence-electron chi connectivity index (χ0n) is 13.1. The molecule has 0 N–H and O–H groups in total. The normalized spacial score (nSPS) is 17.3. The number of anilines is 1. The van der Waals surface area contributed by atoms with Crippen LogP contribution in [-0.2, 0) is 0 Å². The molecule has 1 unspecified atom stereocenters. The van der Waals surface area contributed by atoms with Gasteiger partial charge in [-0.3, -0.25) is 10.1 Å². The average Bonchev–Trinajstić information content (AvgIpc) is 3.05. The van der Waals surface area contributed by atoms with Crippen molar-refractivity contribution in [2.24, 2.45) is 0 Å². The van der Waals surface area contributed by atoms with Crippen LogP contribution in [0, 0.1) is 10.1 Å². The van der Waals surface area contributed by atoms with E-state index in [9.17, 15) is 10.1 Å². The van der Waals surface area contributed by atoms with Crippen molar-refractivity contribution in [2.45, 2.75) is 19.3 Å². The number of hydrogen-bond donors (Lipinski definition) is 0. The van der Waals surface area contributed by atoms with Gasteiger partial charge in [-0.1, -0.05) is 36.4 Å². The highest BCUT2D eigenvalue weighted by Gasteiger charge is 2.30. The summed E-state index contributed by atoms with van der Waals surface area (Å²) in [5, 5.41) is 11.5. The van der Waals surface area contributed by atoms with Crippen LogP contribution in [0.15, 0.2) is 48.5 Å². The lowest BCUT2D eigenvalue weighted by Crippen LogP contribution is -2.20. The van der Waals surface area contributed by atoms with Gasteiger partial charge in [0.05, 0.1) is 11.5 Å². The summed E-state index contributed by atoms with van der Waals surface area (Å²) in [6.07, 6.45) is 1.00. The van der Waals surface area contributed by atoms with E-state index in [0.717, 1.165) is 19.5 Å². The highest BCUT2D eigenvalue weighted by molar-refractivity contribution is 5.70. The van der Waals surface area contributed by atoms with Crippen molar-refractivity contribution in [2.75, 3.05) is 24.6 Å². The van der Waals surface area contributed by atoms with Crippen molar-refractivity contribution < 1.29 is 9.66 Å². The molecule has 1 aliphatic heterocycles. The molecule has 23 heavy (non-hydrogen) atoms. The van der Waals surface area contributed by atoms with E-state index in [0.29, 0.717) is 24.0 Å². The molecule has 120 valence electrons. The third-order valence-corrected chi connectivity index (χ3v) is 4.26. The Morgan fingerprint density at radius 1 is 1.22 bits per heavy atom. The van der Waals surface area contributed by atoms with E-state index in [-0.39, 0.29) is 10.6 Å². The lowest BCUT2D eigenvalue weighted by atomic mass is 9.99. The summed E-state index contributed by atoms with van der Waals surface area (Å²) >= 11 is 0. The molecule has 5 heteroatoms. The van der Waals surface area contributed by atoms with Crippen molar-refractivity contribution in [1.29, 1.82) is 0 Å². The smallest absolute Gasteiger partial charge is 0.333 e. The maximum absolute atomic E-state index is 11.5. The molecule has 0 amide bonds. The highest BCUT2D eigenvalue weighted by Crippen LogP contribution is 2.40. The number of ether oxygens (including phenoxy) is 1. The molecule has 0 saturated carbocycles. The molecule has 2 aromatic rings. The summed E-state index contributed by atoms with van der Waals surface area (Å²) in [7, 11) is 0. The number of nitro benzene ring substituents is 1. The topological polar surface area (TPSA) is 55.6 Å². The average molecular weight is 312 g/mol. The molecule has 0 radical (unpaired) electrons. The maximum Gasteiger partial charge on any atom is 0.333 e. The van der Waals surface area contributed by atoms with Gasteiger partial charge in [-0.15, -0.1) is 0 Å². The highest BCUT2D eigenvalue weighted by atomic mass is 16.6. The van der Waals surface area contributed by atoms with E-state index in [1.165, 1.54) is 5.56 Å². The molecule has 1 aliphatic rings. The van der Waals surface area contributed by atoms with Gasteiger partial charge >= 0.3 is 5.69 Å². The molecule has 2 aromatic carbocycles. The van der Waals surface area contributed by atoms with E-state index in [2.05, 4.69) is 17.0 Å². The molecular weight excluding hydrogens is 292 g/mol. The van der Waals surface area contributed by atoms with Crippen LogP contribution in [0.5, 0.6) is 5.75 Å². The second kappa shape index (κ2) is 6.69. The number of rotatable bonds is 5. The fourth-order valence-electron chi connectivity index (χ4n) is 3.20. The van der Waals surface area contributed by atoms with Crippen LogP contribution in [-0.4, -0.2) is 24.6 Å². The SMILES string of the molecule is CCOc1cccc(N2CCC(c3ccccc3)C2)c1[N+](=O)[O-]. The summed E-state index contributed by atoms with van der Waals surface area (Å²) in [5.74, 6) is 0.754. The Balaban J connectivity index is 1.88. The van der Waals surface area contributed by atoms with Gasteiger partial charge in [0.2, 0.25) is 0 Å². The summed E-state index contributed by atoms with van der Waals surface area (Å²) in [6.45, 7) is 3.85. The molecule has 3 rings (SSSR count). The van der Waals surface area contributed by atoms with E-state index in [4.69, 9.17) is 4.74 Å². The predicted molar refractivity (Wildman–Crippen MR) is 90.3 cm³/mol. The molecule has 1 fully saturated rings. The molecular formula is C18H20N2O3. The molecule has 0 bridgehead atoms. The van der Waals surface area contributed by atoms with Crippen molar-refractivity contribution in [3.8, 4) is 5.75 Å². The second-order valence-electron chi connectivity index (χ2n) is 5.66. The summed E-state index contributed by atoms with van der Waals surface area (Å²) in [6, 6.07) is 15.6. The van der Waals surface area contributed by atoms with E-state index >= 15 is 0 Å². The largest absolute Gasteiger partial charge is 0.487 e. The van der Waals surface area contributed by atoms with Gasteiger partial charge in [0, 0.05) is 19.0 Å². The van der Waals surface area contributed by atoms with Crippen molar-refractivity contribution in [1.82, 2.24) is 0 Å². The zero-order valence-corrected chi connectivity index (χ0v) is 13.1. The fraction of sp³-hybridized carbons (Fsp3) is 0.333. The summed E-state index contributed by atoms with van der Waals surface area (Å²) in [4.78, 5) is 13.3. The van der Waals surface area contributed by atoms with Gasteiger partial charge in [-0.05, 0) is 31.0 Å². The lowest BCUT2D eigenvalue weighted by molar-refractivity contribution is -0.385. The molecule has 1 saturated heterocycles.